The van der Waals surface area contributed by atoms with Crippen molar-refractivity contribution in [2.75, 3.05) is 6.61 Å². The highest BCUT2D eigenvalue weighted by atomic mass is 16.5. The van der Waals surface area contributed by atoms with Gasteiger partial charge in [0.15, 0.2) is 0 Å². The Hall–Kier alpha value is -2.27. The maximum absolute atomic E-state index is 11.0. The fourth-order valence-corrected chi connectivity index (χ4v) is 2.23. The quantitative estimate of drug-likeness (QED) is 0.630. The molecule has 1 aromatic rings. The van der Waals surface area contributed by atoms with Crippen LogP contribution >= 0.6 is 0 Å². The van der Waals surface area contributed by atoms with E-state index in [1.165, 1.54) is 24.1 Å². The van der Waals surface area contributed by atoms with Gasteiger partial charge >= 0.3 is 12.1 Å². The maximum Gasteiger partial charge on any atom is 0.373 e. The topological polar surface area (TPSA) is 106 Å². The van der Waals surface area contributed by atoms with Crippen LogP contribution in [-0.4, -0.2) is 34.7 Å². The number of carbonyl (C=O) groups is 2. The molecule has 0 saturated heterocycles. The summed E-state index contributed by atoms with van der Waals surface area (Å²) in [6.45, 7) is 4.27. The number of H-pyrrole nitrogens is 1. The molecule has 7 heteroatoms. The Morgan fingerprint density at radius 3 is 2.33 bits per heavy atom. The van der Waals surface area contributed by atoms with Gasteiger partial charge in [0, 0.05) is 17.5 Å². The Morgan fingerprint density at radius 1 is 1.25 bits per heavy atom. The third-order valence-corrected chi connectivity index (χ3v) is 3.77. The van der Waals surface area contributed by atoms with Crippen molar-refractivity contribution in [2.24, 2.45) is 5.92 Å². The minimum Gasteiger partial charge on any atom is -0.466 e. The van der Waals surface area contributed by atoms with Crippen LogP contribution in [0.5, 0.6) is 0 Å². The Bertz CT molecular complexity index is 567. The molecule has 7 nitrogen and oxygen atoms in total. The van der Waals surface area contributed by atoms with Gasteiger partial charge in [0.1, 0.15) is 12.2 Å². The number of aromatic nitrogens is 2. The van der Waals surface area contributed by atoms with E-state index in [0.717, 1.165) is 25.2 Å². The van der Waals surface area contributed by atoms with E-state index < -0.39 is 0 Å². The number of aromatic amines is 1. The average Bonchev–Trinajstić information content (AvgIpc) is 3.46. The van der Waals surface area contributed by atoms with Crippen LogP contribution < -0.4 is 0 Å². The van der Waals surface area contributed by atoms with E-state index in [9.17, 15) is 9.59 Å². The standard InChI is InChI=1S/C8H12N2.C8H12O3.CO2/c1-2-6-5-9-10-8(6)7-3-4-7;1-2-11-8(10)5-7(9)6-3-4-6;2-1-3/h5,7H,2-4H2,1H3,(H,9,10);6H,2-5H2,1H3;. The molecule has 2 fully saturated rings. The van der Waals surface area contributed by atoms with E-state index in [1.807, 2.05) is 6.20 Å². The van der Waals surface area contributed by atoms with Crippen LogP contribution in [0.3, 0.4) is 0 Å². The average molecular weight is 336 g/mol. The first-order valence-corrected chi connectivity index (χ1v) is 8.26. The van der Waals surface area contributed by atoms with Crippen LogP contribution in [0.15, 0.2) is 6.20 Å². The van der Waals surface area contributed by atoms with Gasteiger partial charge in [0.2, 0.25) is 0 Å². The van der Waals surface area contributed by atoms with Gasteiger partial charge in [0.25, 0.3) is 0 Å². The van der Waals surface area contributed by atoms with Crippen molar-refractivity contribution >= 4 is 17.9 Å². The number of hydrogen-bond acceptors (Lipinski definition) is 6. The van der Waals surface area contributed by atoms with Gasteiger partial charge in [-0.2, -0.15) is 14.7 Å². The van der Waals surface area contributed by atoms with Gasteiger partial charge in [-0.15, -0.1) is 0 Å². The predicted octanol–water partition coefficient (Wildman–Crippen LogP) is 2.18. The number of esters is 1. The second-order valence-electron chi connectivity index (χ2n) is 5.74. The molecule has 2 saturated carbocycles. The lowest BCUT2D eigenvalue weighted by Crippen LogP contribution is -2.12. The van der Waals surface area contributed by atoms with Crippen molar-refractivity contribution in [1.29, 1.82) is 0 Å². The molecule has 1 N–H and O–H groups in total. The Labute approximate surface area is 141 Å². The van der Waals surface area contributed by atoms with Crippen molar-refractivity contribution in [2.45, 2.75) is 58.3 Å². The van der Waals surface area contributed by atoms with E-state index in [2.05, 4.69) is 21.9 Å². The van der Waals surface area contributed by atoms with Crippen LogP contribution in [0.1, 0.15) is 63.1 Å². The lowest BCUT2D eigenvalue weighted by molar-refractivity contribution is -0.191. The third-order valence-electron chi connectivity index (χ3n) is 3.77. The zero-order chi connectivity index (χ0) is 17.9. The Balaban J connectivity index is 0.000000207. The van der Waals surface area contributed by atoms with Crippen molar-refractivity contribution < 1.29 is 23.9 Å². The number of rotatable bonds is 6. The van der Waals surface area contributed by atoms with E-state index in [0.29, 0.717) is 6.61 Å². The molecule has 24 heavy (non-hydrogen) atoms. The summed E-state index contributed by atoms with van der Waals surface area (Å²) in [6.07, 6.45) is 7.91. The molecular weight excluding hydrogens is 312 g/mol. The second-order valence-corrected chi connectivity index (χ2v) is 5.74. The second kappa shape index (κ2) is 10.5. The van der Waals surface area contributed by atoms with Gasteiger partial charge in [-0.1, -0.05) is 6.92 Å². The molecule has 0 amide bonds. The first-order chi connectivity index (χ1) is 11.6. The number of Topliss-reactive ketones (excluding diaryl/α,β-unsaturated/α-hetero) is 1. The molecule has 0 atom stereocenters. The minimum absolute atomic E-state index is 0.0293. The fourth-order valence-electron chi connectivity index (χ4n) is 2.23. The summed E-state index contributed by atoms with van der Waals surface area (Å²) >= 11 is 0. The molecule has 0 unspecified atom stereocenters. The summed E-state index contributed by atoms with van der Waals surface area (Å²) in [6, 6.07) is 0. The summed E-state index contributed by atoms with van der Waals surface area (Å²) in [4.78, 5) is 38.0. The Morgan fingerprint density at radius 2 is 1.88 bits per heavy atom. The van der Waals surface area contributed by atoms with E-state index in [4.69, 9.17) is 9.59 Å². The first-order valence-electron chi connectivity index (χ1n) is 8.26. The summed E-state index contributed by atoms with van der Waals surface area (Å²) in [7, 11) is 0. The van der Waals surface area contributed by atoms with Gasteiger partial charge in [-0.05, 0) is 44.6 Å². The Kier molecular flexibility index (Phi) is 8.65. The van der Waals surface area contributed by atoms with Crippen molar-refractivity contribution in [3.63, 3.8) is 0 Å². The molecule has 2 aliphatic rings. The van der Waals surface area contributed by atoms with Gasteiger partial charge in [0.05, 0.1) is 12.8 Å². The highest BCUT2D eigenvalue weighted by molar-refractivity contribution is 5.97. The largest absolute Gasteiger partial charge is 0.466 e. The lowest BCUT2D eigenvalue weighted by atomic mass is 10.1. The predicted molar refractivity (Wildman–Crippen MR) is 83.9 cm³/mol. The molecule has 0 radical (unpaired) electrons. The summed E-state index contributed by atoms with van der Waals surface area (Å²) < 4.78 is 4.63. The molecule has 3 rings (SSSR count). The molecule has 0 spiro atoms. The zero-order valence-electron chi connectivity index (χ0n) is 14.2. The number of carbonyl (C=O) groups excluding carboxylic acids is 4. The molecule has 1 aromatic heterocycles. The van der Waals surface area contributed by atoms with E-state index >= 15 is 0 Å². The highest BCUT2D eigenvalue weighted by Gasteiger charge is 2.30. The minimum atomic E-state index is -0.385. The number of ether oxygens (including phenoxy) is 1. The third kappa shape index (κ3) is 7.33. The fraction of sp³-hybridized carbons (Fsp3) is 0.647. The first kappa shape index (κ1) is 19.8. The summed E-state index contributed by atoms with van der Waals surface area (Å²) in [5.74, 6) is 0.643. The van der Waals surface area contributed by atoms with Crippen LogP contribution in [-0.2, 0) is 30.3 Å². The van der Waals surface area contributed by atoms with Crippen LogP contribution in [0, 0.1) is 5.92 Å². The van der Waals surface area contributed by atoms with E-state index in [1.54, 1.807) is 6.92 Å². The normalized spacial score (nSPS) is 15.1. The molecule has 0 aliphatic heterocycles. The van der Waals surface area contributed by atoms with Crippen LogP contribution in [0.25, 0.3) is 0 Å². The maximum atomic E-state index is 11.0. The molecule has 0 bridgehead atoms. The summed E-state index contributed by atoms with van der Waals surface area (Å²) in [5.41, 5.74) is 2.80. The van der Waals surface area contributed by atoms with Crippen LogP contribution in [0.2, 0.25) is 0 Å². The van der Waals surface area contributed by atoms with E-state index in [-0.39, 0.29) is 30.2 Å². The number of hydrogen-bond donors (Lipinski definition) is 1. The number of ketones is 1. The number of nitrogens with zero attached hydrogens (tertiary/aromatic N) is 1. The smallest absolute Gasteiger partial charge is 0.373 e. The monoisotopic (exact) mass is 336 g/mol. The highest BCUT2D eigenvalue weighted by Crippen LogP contribution is 2.40. The van der Waals surface area contributed by atoms with Gasteiger partial charge in [-0.25, -0.2) is 0 Å². The van der Waals surface area contributed by atoms with Crippen LogP contribution in [0.4, 0.5) is 0 Å². The molecule has 2 aliphatic carbocycles. The zero-order valence-corrected chi connectivity index (χ0v) is 14.2. The molecular formula is C17H24N2O5. The van der Waals surface area contributed by atoms with Gasteiger partial charge < -0.3 is 4.74 Å². The number of nitrogens with one attached hydrogen (secondary N) is 1. The molecule has 1 heterocycles. The summed E-state index contributed by atoms with van der Waals surface area (Å²) in [5, 5.41) is 7.10. The lowest BCUT2D eigenvalue weighted by Gasteiger charge is -1.98. The SMILES string of the molecule is CCOC(=O)CC(=O)C1CC1.CCc1cn[nH]c1C1CC1.O=C=O. The molecule has 0 aromatic carbocycles. The molecule has 132 valence electrons. The van der Waals surface area contributed by atoms with Crippen molar-refractivity contribution in [3.8, 4) is 0 Å². The number of aryl methyl sites for hydroxylation is 1. The van der Waals surface area contributed by atoms with Crippen molar-refractivity contribution in [3.05, 3.63) is 17.5 Å². The van der Waals surface area contributed by atoms with Gasteiger partial charge in [-0.3, -0.25) is 14.7 Å². The van der Waals surface area contributed by atoms with Crippen molar-refractivity contribution in [1.82, 2.24) is 10.2 Å².